The number of nitrogen functional groups attached to an aromatic ring is 1. The molecule has 1 aliphatic rings. The maximum absolute atomic E-state index is 12.1. The number of carbonyl (C=O) groups excluding carboxylic acids is 1. The Morgan fingerprint density at radius 1 is 1.44 bits per heavy atom. The van der Waals surface area contributed by atoms with Crippen LogP contribution < -0.4 is 11.1 Å². The zero-order valence-electron chi connectivity index (χ0n) is 11.3. The van der Waals surface area contributed by atoms with Gasteiger partial charge in [-0.1, -0.05) is 26.2 Å². The molecule has 1 aliphatic carbocycles. The van der Waals surface area contributed by atoms with E-state index < -0.39 is 0 Å². The van der Waals surface area contributed by atoms with Crippen molar-refractivity contribution in [3.05, 3.63) is 18.0 Å². The van der Waals surface area contributed by atoms with Crippen LogP contribution in [0.2, 0.25) is 0 Å². The molecule has 0 aromatic carbocycles. The molecule has 0 saturated heterocycles. The van der Waals surface area contributed by atoms with Crippen molar-refractivity contribution in [3.8, 4) is 0 Å². The summed E-state index contributed by atoms with van der Waals surface area (Å²) in [6, 6.07) is 1.72. The maximum atomic E-state index is 12.1. The van der Waals surface area contributed by atoms with Crippen molar-refractivity contribution >= 4 is 11.6 Å². The van der Waals surface area contributed by atoms with Crippen molar-refractivity contribution in [1.82, 2.24) is 9.88 Å². The van der Waals surface area contributed by atoms with Crippen molar-refractivity contribution in [1.29, 1.82) is 0 Å². The lowest BCUT2D eigenvalue weighted by Gasteiger charge is -2.33. The highest BCUT2D eigenvalue weighted by molar-refractivity contribution is 5.93. The van der Waals surface area contributed by atoms with E-state index in [4.69, 9.17) is 5.73 Å². The molecule has 100 valence electrons. The highest BCUT2D eigenvalue weighted by Crippen LogP contribution is 2.34. The molecule has 0 bridgehead atoms. The van der Waals surface area contributed by atoms with Crippen LogP contribution in [0.1, 0.15) is 49.5 Å². The minimum absolute atomic E-state index is 0.0269. The maximum Gasteiger partial charge on any atom is 0.267 e. The molecule has 1 saturated carbocycles. The Morgan fingerprint density at radius 2 is 2.11 bits per heavy atom. The number of anilines is 1. The summed E-state index contributed by atoms with van der Waals surface area (Å²) < 4.78 is 1.77. The predicted molar refractivity (Wildman–Crippen MR) is 73.4 cm³/mol. The minimum atomic E-state index is -0.0269. The lowest BCUT2D eigenvalue weighted by atomic mass is 9.76. The molecule has 18 heavy (non-hydrogen) atoms. The zero-order valence-corrected chi connectivity index (χ0v) is 11.3. The summed E-state index contributed by atoms with van der Waals surface area (Å²) >= 11 is 0. The van der Waals surface area contributed by atoms with E-state index in [1.54, 1.807) is 16.8 Å². The van der Waals surface area contributed by atoms with Gasteiger partial charge in [-0.05, 0) is 24.3 Å². The van der Waals surface area contributed by atoms with Gasteiger partial charge in [-0.3, -0.25) is 4.79 Å². The molecule has 4 heteroatoms. The molecule has 3 N–H and O–H groups in total. The lowest BCUT2D eigenvalue weighted by molar-refractivity contribution is 0.0911. The first-order valence-corrected chi connectivity index (χ1v) is 6.70. The third-order valence-electron chi connectivity index (χ3n) is 4.00. The highest BCUT2D eigenvalue weighted by Gasteiger charge is 2.27. The number of rotatable bonds is 3. The molecule has 0 radical (unpaired) electrons. The van der Waals surface area contributed by atoms with Gasteiger partial charge in [0.15, 0.2) is 0 Å². The van der Waals surface area contributed by atoms with Gasteiger partial charge in [-0.25, -0.2) is 0 Å². The molecule has 0 atom stereocenters. The molecule has 1 aromatic heterocycles. The van der Waals surface area contributed by atoms with Gasteiger partial charge in [0.05, 0.1) is 5.69 Å². The predicted octanol–water partition coefficient (Wildman–Crippen LogP) is 2.31. The first-order valence-electron chi connectivity index (χ1n) is 6.70. The summed E-state index contributed by atoms with van der Waals surface area (Å²) in [5.41, 5.74) is 7.21. The lowest BCUT2D eigenvalue weighted by Crippen LogP contribution is -2.37. The molecule has 1 heterocycles. The number of carbonyl (C=O) groups is 1. The van der Waals surface area contributed by atoms with Crippen molar-refractivity contribution in [3.63, 3.8) is 0 Å². The number of nitrogens with one attached hydrogen (secondary N) is 1. The fourth-order valence-corrected chi connectivity index (χ4v) is 2.78. The summed E-state index contributed by atoms with van der Waals surface area (Å²) in [4.78, 5) is 12.1. The van der Waals surface area contributed by atoms with E-state index in [0.29, 0.717) is 11.4 Å². The SMILES string of the molecule is Cn1cc(N)cc1C(=O)NCC1(C)CCCCC1. The highest BCUT2D eigenvalue weighted by atomic mass is 16.1. The second kappa shape index (κ2) is 5.04. The number of aryl methyl sites for hydroxylation is 1. The summed E-state index contributed by atoms with van der Waals surface area (Å²) in [5.74, 6) is -0.0269. The Bertz CT molecular complexity index is 430. The van der Waals surface area contributed by atoms with Crippen LogP contribution in [0.4, 0.5) is 5.69 Å². The van der Waals surface area contributed by atoms with Gasteiger partial charge in [0.25, 0.3) is 5.91 Å². The molecule has 4 nitrogen and oxygen atoms in total. The minimum Gasteiger partial charge on any atom is -0.397 e. The standard InChI is InChI=1S/C14H23N3O/c1-14(6-4-3-5-7-14)10-16-13(18)12-8-11(15)9-17(12)2/h8-9H,3-7,10,15H2,1-2H3,(H,16,18). The van der Waals surface area contributed by atoms with Gasteiger partial charge >= 0.3 is 0 Å². The third-order valence-corrected chi connectivity index (χ3v) is 4.00. The third kappa shape index (κ3) is 2.86. The van der Waals surface area contributed by atoms with E-state index in [-0.39, 0.29) is 11.3 Å². The van der Waals surface area contributed by atoms with E-state index in [1.165, 1.54) is 32.1 Å². The van der Waals surface area contributed by atoms with Crippen LogP contribution in [0.5, 0.6) is 0 Å². The van der Waals surface area contributed by atoms with Gasteiger partial charge in [0, 0.05) is 19.8 Å². The summed E-state index contributed by atoms with van der Waals surface area (Å²) in [5, 5.41) is 3.05. The Hall–Kier alpha value is -1.45. The van der Waals surface area contributed by atoms with Crippen molar-refractivity contribution < 1.29 is 4.79 Å². The van der Waals surface area contributed by atoms with Crippen LogP contribution in [0.25, 0.3) is 0 Å². The molecular formula is C14H23N3O. The Labute approximate surface area is 109 Å². The molecule has 2 rings (SSSR count). The molecular weight excluding hydrogens is 226 g/mol. The second-order valence-electron chi connectivity index (χ2n) is 5.82. The molecule has 1 aromatic rings. The van der Waals surface area contributed by atoms with E-state index in [9.17, 15) is 4.79 Å². The number of nitrogens with two attached hydrogens (primary N) is 1. The van der Waals surface area contributed by atoms with E-state index in [1.807, 2.05) is 7.05 Å². The van der Waals surface area contributed by atoms with E-state index >= 15 is 0 Å². The topological polar surface area (TPSA) is 60.0 Å². The fraction of sp³-hybridized carbons (Fsp3) is 0.643. The van der Waals surface area contributed by atoms with Gasteiger partial charge in [-0.2, -0.15) is 0 Å². The molecule has 0 unspecified atom stereocenters. The van der Waals surface area contributed by atoms with Crippen LogP contribution in [-0.4, -0.2) is 17.0 Å². The van der Waals surface area contributed by atoms with Gasteiger partial charge in [0.1, 0.15) is 5.69 Å². The molecule has 1 fully saturated rings. The van der Waals surface area contributed by atoms with E-state index in [2.05, 4.69) is 12.2 Å². The number of hydrogen-bond acceptors (Lipinski definition) is 2. The van der Waals surface area contributed by atoms with Crippen LogP contribution in [0.3, 0.4) is 0 Å². The summed E-state index contributed by atoms with van der Waals surface area (Å²) in [6.45, 7) is 3.03. The fourth-order valence-electron chi connectivity index (χ4n) is 2.78. The Morgan fingerprint density at radius 3 is 2.67 bits per heavy atom. The first-order chi connectivity index (χ1) is 8.50. The van der Waals surface area contributed by atoms with Gasteiger partial charge < -0.3 is 15.6 Å². The average Bonchev–Trinajstić information content (AvgIpc) is 2.67. The quantitative estimate of drug-likeness (QED) is 0.863. The Balaban J connectivity index is 1.94. The van der Waals surface area contributed by atoms with E-state index in [0.717, 1.165) is 6.54 Å². The summed E-state index contributed by atoms with van der Waals surface area (Å²) in [6.07, 6.45) is 8.08. The average molecular weight is 249 g/mol. The number of amides is 1. The van der Waals surface area contributed by atoms with Crippen LogP contribution in [0, 0.1) is 5.41 Å². The van der Waals surface area contributed by atoms with Crippen LogP contribution in [0.15, 0.2) is 12.3 Å². The molecule has 0 aliphatic heterocycles. The van der Waals surface area contributed by atoms with Crippen LogP contribution >= 0.6 is 0 Å². The zero-order chi connectivity index (χ0) is 13.2. The number of nitrogens with zero attached hydrogens (tertiary/aromatic N) is 1. The van der Waals surface area contributed by atoms with Crippen molar-refractivity contribution in [2.24, 2.45) is 12.5 Å². The number of aromatic nitrogens is 1. The molecule has 1 amide bonds. The van der Waals surface area contributed by atoms with Crippen molar-refractivity contribution in [2.45, 2.75) is 39.0 Å². The van der Waals surface area contributed by atoms with Gasteiger partial charge in [-0.15, -0.1) is 0 Å². The second-order valence-corrected chi connectivity index (χ2v) is 5.82. The Kier molecular flexibility index (Phi) is 3.64. The van der Waals surface area contributed by atoms with Gasteiger partial charge in [0.2, 0.25) is 0 Å². The number of hydrogen-bond donors (Lipinski definition) is 2. The monoisotopic (exact) mass is 249 g/mol. The smallest absolute Gasteiger partial charge is 0.267 e. The largest absolute Gasteiger partial charge is 0.397 e. The first kappa shape index (κ1) is 13.0. The van der Waals surface area contributed by atoms with Crippen molar-refractivity contribution in [2.75, 3.05) is 12.3 Å². The normalized spacial score (nSPS) is 18.6. The van der Waals surface area contributed by atoms with Crippen LogP contribution in [-0.2, 0) is 7.05 Å². The summed E-state index contributed by atoms with van der Waals surface area (Å²) in [7, 11) is 1.84. The molecule has 0 spiro atoms.